The summed E-state index contributed by atoms with van der Waals surface area (Å²) in [6.07, 6.45) is 4.35. The molecule has 1 fully saturated rings. The maximum Gasteiger partial charge on any atom is 0.283 e. The number of nitrogens with zero attached hydrogens (tertiary/aromatic N) is 2. The monoisotopic (exact) mass is 395 g/mol. The van der Waals surface area contributed by atoms with Crippen molar-refractivity contribution in [2.75, 3.05) is 26.7 Å². The summed E-state index contributed by atoms with van der Waals surface area (Å²) in [5.41, 5.74) is 3.68. The van der Waals surface area contributed by atoms with E-state index < -0.39 is 22.2 Å². The molecule has 2 aliphatic heterocycles. The van der Waals surface area contributed by atoms with Gasteiger partial charge in [-0.25, -0.2) is 5.48 Å². The van der Waals surface area contributed by atoms with Crippen molar-refractivity contribution in [3.05, 3.63) is 35.9 Å². The highest BCUT2D eigenvalue weighted by Crippen LogP contribution is 2.29. The zero-order chi connectivity index (χ0) is 19.4. The third-order valence-electron chi connectivity index (χ3n) is 5.10. The smallest absolute Gasteiger partial charge is 0.283 e. The van der Waals surface area contributed by atoms with Gasteiger partial charge in [0.2, 0.25) is 0 Å². The van der Waals surface area contributed by atoms with Crippen molar-refractivity contribution >= 4 is 21.7 Å². The van der Waals surface area contributed by atoms with Crippen molar-refractivity contribution in [3.63, 3.8) is 0 Å². The number of carbonyl (C=O) groups excluding carboxylic acids is 1. The van der Waals surface area contributed by atoms with Gasteiger partial charge in [0.15, 0.2) is 0 Å². The van der Waals surface area contributed by atoms with Crippen molar-refractivity contribution in [3.8, 4) is 5.75 Å². The lowest BCUT2D eigenvalue weighted by Gasteiger charge is -2.37. The fourth-order valence-electron chi connectivity index (χ4n) is 3.61. The highest BCUT2D eigenvalue weighted by molar-refractivity contribution is 7.86. The van der Waals surface area contributed by atoms with E-state index in [1.54, 1.807) is 12.6 Å². The van der Waals surface area contributed by atoms with E-state index in [1.165, 1.54) is 8.61 Å². The zero-order valence-electron chi connectivity index (χ0n) is 15.3. The molecule has 0 unspecified atom stereocenters. The fraction of sp³-hybridized carbons (Fsp3) is 0.500. The van der Waals surface area contributed by atoms with Crippen LogP contribution in [-0.2, 0) is 15.0 Å². The number of piperidine rings is 1. The molecule has 0 spiro atoms. The lowest BCUT2D eigenvalue weighted by Crippen LogP contribution is -2.56. The first kappa shape index (κ1) is 19.8. The van der Waals surface area contributed by atoms with Gasteiger partial charge >= 0.3 is 0 Å². The molecular formula is C18H25N3O5S. The molecule has 9 heteroatoms. The molecule has 0 saturated carbocycles. The van der Waals surface area contributed by atoms with Gasteiger partial charge in [0.05, 0.1) is 7.11 Å². The number of methoxy groups -OCH3 is 1. The van der Waals surface area contributed by atoms with E-state index in [-0.39, 0.29) is 13.1 Å². The average molecular weight is 395 g/mol. The normalized spacial score (nSPS) is 22.1. The summed E-state index contributed by atoms with van der Waals surface area (Å²) in [4.78, 5) is 11.9. The quantitative estimate of drug-likeness (QED) is 0.580. The van der Waals surface area contributed by atoms with Gasteiger partial charge in [0, 0.05) is 19.6 Å². The summed E-state index contributed by atoms with van der Waals surface area (Å²) in [5, 5.41) is 8.93. The van der Waals surface area contributed by atoms with Gasteiger partial charge in [-0.2, -0.15) is 17.0 Å². The Bertz CT molecular complexity index is 824. The van der Waals surface area contributed by atoms with E-state index in [0.717, 1.165) is 23.3 Å². The minimum absolute atomic E-state index is 0.249. The largest absolute Gasteiger partial charge is 0.497 e. The molecule has 1 atom stereocenters. The molecule has 0 bridgehead atoms. The van der Waals surface area contributed by atoms with E-state index in [9.17, 15) is 13.2 Å². The Morgan fingerprint density at radius 2 is 2.11 bits per heavy atom. The first-order valence-electron chi connectivity index (χ1n) is 9.01. The number of hydrogen-bond acceptors (Lipinski definition) is 5. The van der Waals surface area contributed by atoms with Crippen molar-refractivity contribution in [2.24, 2.45) is 0 Å². The van der Waals surface area contributed by atoms with E-state index in [0.29, 0.717) is 25.8 Å². The van der Waals surface area contributed by atoms with Crippen LogP contribution in [0.2, 0.25) is 0 Å². The van der Waals surface area contributed by atoms with Gasteiger partial charge in [-0.15, -0.1) is 0 Å². The van der Waals surface area contributed by atoms with Crippen LogP contribution in [0.25, 0.3) is 5.57 Å². The SMILES string of the molecule is COc1cccc(C2=CCN(S(=O)(=O)N3CCCC[C@@H]3C(=O)NO)CC2)c1. The molecule has 2 N–H and O–H groups in total. The molecule has 3 rings (SSSR count). The Morgan fingerprint density at radius 1 is 1.30 bits per heavy atom. The van der Waals surface area contributed by atoms with E-state index in [1.807, 2.05) is 30.3 Å². The summed E-state index contributed by atoms with van der Waals surface area (Å²) in [7, 11) is -2.17. The Hall–Kier alpha value is -1.94. The number of benzene rings is 1. The van der Waals surface area contributed by atoms with Crippen molar-refractivity contribution in [1.29, 1.82) is 0 Å². The van der Waals surface area contributed by atoms with Crippen LogP contribution in [0.4, 0.5) is 0 Å². The standard InChI is InChI=1S/C18H25N3O5S/c1-26-16-6-4-5-15(13-16)14-8-11-20(12-9-14)27(24,25)21-10-3-2-7-17(21)18(22)19-23/h4-6,8,13,17,23H,2-3,7,9-12H2,1H3,(H,19,22)/t17-/m1/s1. The van der Waals surface area contributed by atoms with Crippen LogP contribution in [0.3, 0.4) is 0 Å². The topological polar surface area (TPSA) is 99.2 Å². The van der Waals surface area contributed by atoms with Gasteiger partial charge < -0.3 is 4.74 Å². The lowest BCUT2D eigenvalue weighted by atomic mass is 10.0. The number of hydroxylamine groups is 1. The number of carbonyl (C=O) groups is 1. The molecule has 2 aliphatic rings. The molecule has 8 nitrogen and oxygen atoms in total. The van der Waals surface area contributed by atoms with Crippen molar-refractivity contribution in [2.45, 2.75) is 31.7 Å². The van der Waals surface area contributed by atoms with Gasteiger partial charge in [-0.1, -0.05) is 24.6 Å². The van der Waals surface area contributed by atoms with Crippen LogP contribution in [-0.4, -0.2) is 60.9 Å². The number of hydrogen-bond donors (Lipinski definition) is 2. The molecule has 27 heavy (non-hydrogen) atoms. The van der Waals surface area contributed by atoms with Crippen LogP contribution < -0.4 is 10.2 Å². The van der Waals surface area contributed by atoms with Crippen LogP contribution in [0.5, 0.6) is 5.75 Å². The first-order chi connectivity index (χ1) is 13.0. The van der Waals surface area contributed by atoms with Crippen LogP contribution in [0.1, 0.15) is 31.2 Å². The van der Waals surface area contributed by atoms with Gasteiger partial charge in [-0.05, 0) is 42.5 Å². The van der Waals surface area contributed by atoms with Gasteiger partial charge in [0.1, 0.15) is 11.8 Å². The van der Waals surface area contributed by atoms with Gasteiger partial charge in [0.25, 0.3) is 16.1 Å². The van der Waals surface area contributed by atoms with Crippen molar-refractivity contribution in [1.82, 2.24) is 14.1 Å². The lowest BCUT2D eigenvalue weighted by molar-refractivity contribution is -0.134. The average Bonchev–Trinajstić information content (AvgIpc) is 2.73. The van der Waals surface area contributed by atoms with E-state index in [2.05, 4.69) is 0 Å². The molecule has 0 radical (unpaired) electrons. The van der Waals surface area contributed by atoms with Gasteiger partial charge in [-0.3, -0.25) is 10.0 Å². The van der Waals surface area contributed by atoms with E-state index >= 15 is 0 Å². The highest BCUT2D eigenvalue weighted by atomic mass is 32.2. The van der Waals surface area contributed by atoms with Crippen LogP contribution >= 0.6 is 0 Å². The molecule has 148 valence electrons. The predicted octanol–water partition coefficient (Wildman–Crippen LogP) is 1.39. The minimum atomic E-state index is -3.78. The van der Waals surface area contributed by atoms with Crippen LogP contribution in [0, 0.1) is 0 Å². The third-order valence-corrected chi connectivity index (χ3v) is 7.12. The molecular weight excluding hydrogens is 370 g/mol. The molecule has 1 aromatic rings. The molecule has 2 heterocycles. The van der Waals surface area contributed by atoms with E-state index in [4.69, 9.17) is 9.94 Å². The number of amides is 1. The molecule has 0 aliphatic carbocycles. The number of rotatable bonds is 5. The Labute approximate surface area is 159 Å². The molecule has 0 aromatic heterocycles. The van der Waals surface area contributed by atoms with Crippen molar-refractivity contribution < 1.29 is 23.2 Å². The summed E-state index contributed by atoms with van der Waals surface area (Å²) >= 11 is 0. The second-order valence-electron chi connectivity index (χ2n) is 6.68. The summed E-state index contributed by atoms with van der Waals surface area (Å²) < 4.78 is 34.0. The maximum atomic E-state index is 13.1. The molecule has 1 amide bonds. The highest BCUT2D eigenvalue weighted by Gasteiger charge is 2.40. The maximum absolute atomic E-state index is 13.1. The molecule has 1 aromatic carbocycles. The summed E-state index contributed by atoms with van der Waals surface area (Å²) in [5.74, 6) is 0.0810. The fourth-order valence-corrected chi connectivity index (χ4v) is 5.38. The number of ether oxygens (including phenoxy) is 1. The molecule has 1 saturated heterocycles. The Kier molecular flexibility index (Phi) is 6.15. The zero-order valence-corrected chi connectivity index (χ0v) is 16.1. The number of nitrogens with one attached hydrogen (secondary N) is 1. The Morgan fingerprint density at radius 3 is 2.78 bits per heavy atom. The third kappa shape index (κ3) is 4.16. The first-order valence-corrected chi connectivity index (χ1v) is 10.4. The summed E-state index contributed by atoms with van der Waals surface area (Å²) in [6, 6.07) is 6.82. The predicted molar refractivity (Wildman–Crippen MR) is 100 cm³/mol. The second-order valence-corrected chi connectivity index (χ2v) is 8.56. The summed E-state index contributed by atoms with van der Waals surface area (Å²) in [6.45, 7) is 0.873. The second kappa shape index (κ2) is 8.39. The Balaban J connectivity index is 1.77. The van der Waals surface area contributed by atoms with Crippen LogP contribution in [0.15, 0.2) is 30.3 Å². The minimum Gasteiger partial charge on any atom is -0.497 e.